The van der Waals surface area contributed by atoms with Gasteiger partial charge in [0.15, 0.2) is 6.61 Å². The second-order valence-electron chi connectivity index (χ2n) is 6.55. The normalized spacial score (nSPS) is 15.5. The number of nitrogens with zero attached hydrogens (tertiary/aromatic N) is 2. The van der Waals surface area contributed by atoms with Crippen molar-refractivity contribution in [2.45, 2.75) is 6.42 Å². The molecule has 0 bridgehead atoms. The van der Waals surface area contributed by atoms with Gasteiger partial charge in [-0.2, -0.15) is 0 Å². The van der Waals surface area contributed by atoms with E-state index in [1.54, 1.807) is 30.3 Å². The van der Waals surface area contributed by atoms with E-state index in [2.05, 4.69) is 5.43 Å². The number of benzene rings is 2. The Balaban J connectivity index is 1.53. The Kier molecular flexibility index (Phi) is 6.16. The maximum absolute atomic E-state index is 12.2. The number of non-ortho nitro benzene ring substituents is 1. The molecule has 2 aromatic carbocycles. The number of hydrazine groups is 1. The molecule has 0 radical (unpaired) electrons. The molecule has 3 rings (SSSR count). The van der Waals surface area contributed by atoms with E-state index in [1.165, 1.54) is 18.2 Å². The first-order valence-corrected chi connectivity index (χ1v) is 8.96. The van der Waals surface area contributed by atoms with Crippen molar-refractivity contribution in [1.82, 2.24) is 10.4 Å². The summed E-state index contributed by atoms with van der Waals surface area (Å²) >= 11 is 0. The third-order valence-electron chi connectivity index (χ3n) is 4.46. The Morgan fingerprint density at radius 1 is 1.10 bits per heavy atom. The minimum atomic E-state index is -0.841. The topological polar surface area (TPSA) is 136 Å². The largest absolute Gasteiger partial charge is 0.457 e. The smallest absolute Gasteiger partial charge is 0.311 e. The van der Waals surface area contributed by atoms with Crippen LogP contribution in [-0.2, 0) is 14.3 Å². The highest BCUT2D eigenvalue weighted by molar-refractivity contribution is 5.99. The summed E-state index contributed by atoms with van der Waals surface area (Å²) in [6, 6.07) is 13.3. The third kappa shape index (κ3) is 4.85. The van der Waals surface area contributed by atoms with Crippen LogP contribution in [0.2, 0.25) is 0 Å². The van der Waals surface area contributed by atoms with Crippen LogP contribution in [0.15, 0.2) is 54.6 Å². The molecule has 2 amide bonds. The third-order valence-corrected chi connectivity index (χ3v) is 4.46. The number of ketones is 1. The first kappa shape index (κ1) is 20.6. The maximum Gasteiger partial charge on any atom is 0.311 e. The van der Waals surface area contributed by atoms with Crippen LogP contribution in [0.3, 0.4) is 0 Å². The monoisotopic (exact) mass is 411 g/mol. The molecule has 10 heteroatoms. The molecule has 0 aromatic heterocycles. The molecule has 2 aromatic rings. The van der Waals surface area contributed by atoms with E-state index < -0.39 is 41.0 Å². The minimum Gasteiger partial charge on any atom is -0.457 e. The van der Waals surface area contributed by atoms with Crippen LogP contribution in [-0.4, -0.2) is 46.7 Å². The van der Waals surface area contributed by atoms with Crippen molar-refractivity contribution in [2.24, 2.45) is 5.92 Å². The van der Waals surface area contributed by atoms with Crippen molar-refractivity contribution >= 4 is 29.3 Å². The fraction of sp³-hybridized carbons (Fsp3) is 0.200. The van der Waals surface area contributed by atoms with Gasteiger partial charge in [-0.05, 0) is 12.1 Å². The van der Waals surface area contributed by atoms with Crippen molar-refractivity contribution in [2.75, 3.05) is 13.2 Å². The highest BCUT2D eigenvalue weighted by Gasteiger charge is 2.36. The summed E-state index contributed by atoms with van der Waals surface area (Å²) in [6.07, 6.45) is -0.168. The lowest BCUT2D eigenvalue weighted by Crippen LogP contribution is -2.43. The molecular formula is C20H17N3O7. The number of amides is 2. The van der Waals surface area contributed by atoms with Crippen molar-refractivity contribution in [3.63, 3.8) is 0 Å². The molecule has 1 N–H and O–H groups in total. The number of nitro groups is 1. The van der Waals surface area contributed by atoms with Gasteiger partial charge in [-0.25, -0.2) is 0 Å². The van der Waals surface area contributed by atoms with E-state index in [9.17, 15) is 29.3 Å². The van der Waals surface area contributed by atoms with Crippen LogP contribution in [0, 0.1) is 16.0 Å². The predicted octanol–water partition coefficient (Wildman–Crippen LogP) is 1.51. The Bertz CT molecular complexity index is 1010. The number of hydrogen-bond donors (Lipinski definition) is 1. The second-order valence-corrected chi connectivity index (χ2v) is 6.55. The lowest BCUT2D eigenvalue weighted by Gasteiger charge is -2.17. The zero-order chi connectivity index (χ0) is 21.7. The molecule has 1 aliphatic heterocycles. The Labute approximate surface area is 170 Å². The van der Waals surface area contributed by atoms with Crippen molar-refractivity contribution in [3.05, 3.63) is 75.8 Å². The second kappa shape index (κ2) is 8.95. The van der Waals surface area contributed by atoms with Gasteiger partial charge >= 0.3 is 5.97 Å². The van der Waals surface area contributed by atoms with E-state index >= 15 is 0 Å². The molecule has 1 saturated heterocycles. The summed E-state index contributed by atoms with van der Waals surface area (Å²) in [5.41, 5.74) is 2.59. The molecule has 1 aliphatic rings. The zero-order valence-corrected chi connectivity index (χ0v) is 15.6. The van der Waals surface area contributed by atoms with Gasteiger partial charge in [0.1, 0.15) is 0 Å². The van der Waals surface area contributed by atoms with Crippen LogP contribution in [0.5, 0.6) is 0 Å². The summed E-state index contributed by atoms with van der Waals surface area (Å²) in [5, 5.41) is 11.8. The molecule has 0 spiro atoms. The number of esters is 1. The lowest BCUT2D eigenvalue weighted by atomic mass is 10.1. The van der Waals surface area contributed by atoms with E-state index in [0.29, 0.717) is 5.56 Å². The number of carbonyl (C=O) groups excluding carboxylic acids is 4. The van der Waals surface area contributed by atoms with E-state index in [4.69, 9.17) is 4.74 Å². The summed E-state index contributed by atoms with van der Waals surface area (Å²) in [7, 11) is 0. The standard InChI is InChI=1S/C20H17N3O7/c24-17(14-7-4-8-16(9-14)23(28)29)12-30-20(27)15-10-18(25)22(11-15)21-19(26)13-5-2-1-3-6-13/h1-9,15H,10-12H2,(H,21,26)/t15-/m1/s1. The van der Waals surface area contributed by atoms with Gasteiger partial charge in [-0.3, -0.25) is 39.7 Å². The zero-order valence-electron chi connectivity index (χ0n) is 15.6. The molecule has 1 atom stereocenters. The maximum atomic E-state index is 12.2. The fourth-order valence-corrected chi connectivity index (χ4v) is 2.88. The van der Waals surface area contributed by atoms with Crippen molar-refractivity contribution in [3.8, 4) is 0 Å². The van der Waals surface area contributed by atoms with Gasteiger partial charge in [-0.15, -0.1) is 0 Å². The molecule has 0 saturated carbocycles. The highest BCUT2D eigenvalue weighted by Crippen LogP contribution is 2.19. The predicted molar refractivity (Wildman–Crippen MR) is 102 cm³/mol. The van der Waals surface area contributed by atoms with E-state index in [1.807, 2.05) is 0 Å². The number of ether oxygens (including phenoxy) is 1. The van der Waals surface area contributed by atoms with E-state index in [0.717, 1.165) is 11.1 Å². The first-order chi connectivity index (χ1) is 14.3. The summed E-state index contributed by atoms with van der Waals surface area (Å²) in [4.78, 5) is 58.8. The van der Waals surface area contributed by atoms with E-state index in [-0.39, 0.29) is 24.2 Å². The Morgan fingerprint density at radius 3 is 2.50 bits per heavy atom. The summed E-state index contributed by atoms with van der Waals surface area (Å²) < 4.78 is 4.98. The first-order valence-electron chi connectivity index (χ1n) is 8.96. The van der Waals surface area contributed by atoms with Crippen LogP contribution in [0.4, 0.5) is 5.69 Å². The van der Waals surface area contributed by atoms with Gasteiger partial charge in [-0.1, -0.05) is 30.3 Å². The van der Waals surface area contributed by atoms with Crippen LogP contribution < -0.4 is 5.43 Å². The quantitative estimate of drug-likeness (QED) is 0.316. The van der Waals surface area contributed by atoms with Crippen molar-refractivity contribution in [1.29, 1.82) is 0 Å². The van der Waals surface area contributed by atoms with Gasteiger partial charge < -0.3 is 4.74 Å². The number of nitrogens with one attached hydrogen (secondary N) is 1. The van der Waals surface area contributed by atoms with Crippen LogP contribution >= 0.6 is 0 Å². The van der Waals surface area contributed by atoms with Crippen LogP contribution in [0.25, 0.3) is 0 Å². The number of carbonyl (C=O) groups is 4. The molecule has 0 aliphatic carbocycles. The number of nitro benzene ring substituents is 1. The number of rotatable bonds is 7. The van der Waals surface area contributed by atoms with Gasteiger partial charge in [0.2, 0.25) is 11.7 Å². The molecular weight excluding hydrogens is 394 g/mol. The molecule has 154 valence electrons. The van der Waals surface area contributed by atoms with Crippen LogP contribution in [0.1, 0.15) is 27.1 Å². The molecule has 0 unspecified atom stereocenters. The average Bonchev–Trinajstić information content (AvgIpc) is 3.12. The number of hydrogen-bond acceptors (Lipinski definition) is 7. The number of Topliss-reactive ketones (excluding diaryl/α,β-unsaturated/α-hetero) is 1. The van der Waals surface area contributed by atoms with Gasteiger partial charge in [0.05, 0.1) is 17.4 Å². The lowest BCUT2D eigenvalue weighted by molar-refractivity contribution is -0.384. The molecule has 1 heterocycles. The fourth-order valence-electron chi connectivity index (χ4n) is 2.88. The SMILES string of the molecule is O=C(COC(=O)[C@@H]1CC(=O)N(NC(=O)c2ccccc2)C1)c1cccc([N+](=O)[O-])c1. The average molecular weight is 411 g/mol. The van der Waals surface area contributed by atoms with Gasteiger partial charge in [0, 0.05) is 29.7 Å². The Hall–Kier alpha value is -4.08. The summed E-state index contributed by atoms with van der Waals surface area (Å²) in [5.74, 6) is -3.15. The minimum absolute atomic E-state index is 0.0382. The highest BCUT2D eigenvalue weighted by atomic mass is 16.6. The summed E-state index contributed by atoms with van der Waals surface area (Å²) in [6.45, 7) is -0.692. The molecule has 1 fully saturated rings. The van der Waals surface area contributed by atoms with Gasteiger partial charge in [0.25, 0.3) is 11.6 Å². The molecule has 10 nitrogen and oxygen atoms in total. The molecule has 30 heavy (non-hydrogen) atoms. The van der Waals surface area contributed by atoms with Crippen molar-refractivity contribution < 1.29 is 28.8 Å². The Morgan fingerprint density at radius 2 is 1.80 bits per heavy atom.